The molecule has 1 aromatic rings. The Morgan fingerprint density at radius 3 is 2.48 bits per heavy atom. The Balaban J connectivity index is 1.43. The van der Waals surface area contributed by atoms with Crippen LogP contribution in [0.15, 0.2) is 24.5 Å². The summed E-state index contributed by atoms with van der Waals surface area (Å²) in [6.45, 7) is 2.34. The number of rotatable bonds is 7. The molecule has 27 heavy (non-hydrogen) atoms. The summed E-state index contributed by atoms with van der Waals surface area (Å²) in [4.78, 5) is 33.1. The molecule has 4 rings (SSSR count). The summed E-state index contributed by atoms with van der Waals surface area (Å²) in [6, 6.07) is 3.96. The van der Waals surface area contributed by atoms with E-state index in [-0.39, 0.29) is 23.9 Å². The maximum atomic E-state index is 12.8. The van der Waals surface area contributed by atoms with E-state index in [1.807, 2.05) is 21.9 Å². The number of ether oxygens (including phenoxy) is 2. The first-order chi connectivity index (χ1) is 13.2. The zero-order valence-corrected chi connectivity index (χ0v) is 15.8. The number of nitrogens with zero attached hydrogens (tertiary/aromatic N) is 3. The van der Waals surface area contributed by atoms with Crippen LogP contribution >= 0.6 is 0 Å². The van der Waals surface area contributed by atoms with E-state index in [2.05, 4.69) is 4.98 Å². The number of carbonyl (C=O) groups is 2. The number of pyridine rings is 1. The van der Waals surface area contributed by atoms with Gasteiger partial charge in [0.2, 0.25) is 5.91 Å². The number of likely N-dealkylation sites (tertiary alicyclic amines) is 2. The van der Waals surface area contributed by atoms with Gasteiger partial charge in [0.25, 0.3) is 5.91 Å². The van der Waals surface area contributed by atoms with Crippen molar-refractivity contribution in [2.24, 2.45) is 5.92 Å². The minimum Gasteiger partial charge on any atom is -0.382 e. The van der Waals surface area contributed by atoms with Crippen LogP contribution in [0.25, 0.3) is 0 Å². The molecule has 7 nitrogen and oxygen atoms in total. The second-order valence-electron chi connectivity index (χ2n) is 7.59. The third-order valence-corrected chi connectivity index (χ3v) is 5.81. The van der Waals surface area contributed by atoms with Crippen LogP contribution in [0.3, 0.4) is 0 Å². The quantitative estimate of drug-likeness (QED) is 0.534. The summed E-state index contributed by atoms with van der Waals surface area (Å²) < 4.78 is 10.9. The van der Waals surface area contributed by atoms with E-state index >= 15 is 0 Å². The minimum absolute atomic E-state index is 0.0416. The predicted octanol–water partition coefficient (Wildman–Crippen LogP) is 1.40. The molecule has 0 aromatic carbocycles. The molecule has 0 N–H and O–H groups in total. The number of β-lactam (4-membered cyclic amide) rings is 1. The van der Waals surface area contributed by atoms with Crippen molar-refractivity contribution in [3.05, 3.63) is 30.1 Å². The Labute approximate surface area is 159 Å². The highest BCUT2D eigenvalue weighted by Gasteiger charge is 2.52. The van der Waals surface area contributed by atoms with Gasteiger partial charge in [-0.2, -0.15) is 0 Å². The van der Waals surface area contributed by atoms with Crippen LogP contribution in [0.4, 0.5) is 0 Å². The van der Waals surface area contributed by atoms with Gasteiger partial charge in [-0.25, -0.2) is 0 Å². The van der Waals surface area contributed by atoms with Gasteiger partial charge in [-0.05, 0) is 43.4 Å². The molecule has 1 aliphatic carbocycles. The van der Waals surface area contributed by atoms with Crippen LogP contribution < -0.4 is 0 Å². The number of hydrogen-bond donors (Lipinski definition) is 0. The molecule has 2 aliphatic heterocycles. The van der Waals surface area contributed by atoms with E-state index < -0.39 is 6.10 Å². The van der Waals surface area contributed by atoms with Crippen LogP contribution in [0, 0.1) is 5.92 Å². The first kappa shape index (κ1) is 18.4. The van der Waals surface area contributed by atoms with E-state index in [0.29, 0.717) is 19.1 Å². The summed E-state index contributed by atoms with van der Waals surface area (Å²) in [5.41, 5.74) is 1.04. The average molecular weight is 373 g/mol. The fraction of sp³-hybridized carbons (Fsp3) is 0.650. The number of piperidine rings is 1. The van der Waals surface area contributed by atoms with Crippen molar-refractivity contribution >= 4 is 11.8 Å². The molecule has 2 amide bonds. The van der Waals surface area contributed by atoms with Crippen LogP contribution in [-0.4, -0.2) is 72.2 Å². The van der Waals surface area contributed by atoms with Crippen molar-refractivity contribution < 1.29 is 19.1 Å². The Bertz CT molecular complexity index is 671. The molecular formula is C20H27N3O4. The standard InChI is InChI=1S/C20H27N3O4/c1-26-12-13-27-18-17(14-4-8-21-9-5-14)23(20(18)25)16-6-10-22(11-7-16)19(24)15-2-3-15/h4-5,8-9,15-18H,2-3,6-7,10-13H2,1H3/t17-,18+/m0/s1. The lowest BCUT2D eigenvalue weighted by atomic mass is 9.86. The van der Waals surface area contributed by atoms with E-state index in [0.717, 1.165) is 44.3 Å². The molecule has 146 valence electrons. The van der Waals surface area contributed by atoms with E-state index in [9.17, 15) is 9.59 Å². The predicted molar refractivity (Wildman–Crippen MR) is 97.8 cm³/mol. The fourth-order valence-electron chi connectivity index (χ4n) is 4.16. The van der Waals surface area contributed by atoms with Crippen molar-refractivity contribution in [2.45, 2.75) is 43.9 Å². The molecule has 0 unspecified atom stereocenters. The third-order valence-electron chi connectivity index (χ3n) is 5.81. The number of carbonyl (C=O) groups excluding carboxylic acids is 2. The van der Waals surface area contributed by atoms with Crippen LogP contribution in [0.5, 0.6) is 0 Å². The van der Waals surface area contributed by atoms with E-state index in [1.165, 1.54) is 0 Å². The fourth-order valence-corrected chi connectivity index (χ4v) is 4.16. The molecular weight excluding hydrogens is 346 g/mol. The Morgan fingerprint density at radius 2 is 1.85 bits per heavy atom. The topological polar surface area (TPSA) is 72.0 Å². The van der Waals surface area contributed by atoms with Crippen LogP contribution in [0.2, 0.25) is 0 Å². The Kier molecular flexibility index (Phi) is 5.41. The zero-order chi connectivity index (χ0) is 18.8. The number of amides is 2. The number of methoxy groups -OCH3 is 1. The van der Waals surface area contributed by atoms with Crippen molar-refractivity contribution in [2.75, 3.05) is 33.4 Å². The lowest BCUT2D eigenvalue weighted by Gasteiger charge is -2.52. The highest BCUT2D eigenvalue weighted by atomic mass is 16.5. The van der Waals surface area contributed by atoms with Gasteiger partial charge in [-0.15, -0.1) is 0 Å². The molecule has 0 radical (unpaired) electrons. The summed E-state index contributed by atoms with van der Waals surface area (Å²) in [6.07, 6.45) is 6.77. The first-order valence-corrected chi connectivity index (χ1v) is 9.82. The van der Waals surface area contributed by atoms with Crippen LogP contribution in [0.1, 0.15) is 37.3 Å². The van der Waals surface area contributed by atoms with Crippen molar-refractivity contribution in [3.63, 3.8) is 0 Å². The summed E-state index contributed by atoms with van der Waals surface area (Å²) in [7, 11) is 1.62. The molecule has 3 heterocycles. The number of aromatic nitrogens is 1. The average Bonchev–Trinajstić information content (AvgIpc) is 3.55. The summed E-state index contributed by atoms with van der Waals surface area (Å²) in [5, 5.41) is 0. The maximum absolute atomic E-state index is 12.8. The Morgan fingerprint density at radius 1 is 1.15 bits per heavy atom. The summed E-state index contributed by atoms with van der Waals surface area (Å²) in [5.74, 6) is 0.602. The molecule has 3 fully saturated rings. The largest absolute Gasteiger partial charge is 0.382 e. The molecule has 2 saturated heterocycles. The third kappa shape index (κ3) is 3.71. The van der Waals surface area contributed by atoms with Gasteiger partial charge in [0.1, 0.15) is 0 Å². The maximum Gasteiger partial charge on any atom is 0.255 e. The van der Waals surface area contributed by atoms with E-state index in [1.54, 1.807) is 19.5 Å². The van der Waals surface area contributed by atoms with Gasteiger partial charge < -0.3 is 19.3 Å². The second kappa shape index (κ2) is 7.94. The molecule has 7 heteroatoms. The van der Waals surface area contributed by atoms with Crippen molar-refractivity contribution in [1.29, 1.82) is 0 Å². The van der Waals surface area contributed by atoms with Gasteiger partial charge in [-0.3, -0.25) is 14.6 Å². The molecule has 1 saturated carbocycles. The molecule has 0 spiro atoms. The van der Waals surface area contributed by atoms with Gasteiger partial charge in [-0.1, -0.05) is 0 Å². The highest BCUT2D eigenvalue weighted by Crippen LogP contribution is 2.41. The van der Waals surface area contributed by atoms with Crippen LogP contribution in [-0.2, 0) is 19.1 Å². The normalized spacial score (nSPS) is 26.2. The second-order valence-corrected chi connectivity index (χ2v) is 7.59. The van der Waals surface area contributed by atoms with Gasteiger partial charge >= 0.3 is 0 Å². The zero-order valence-electron chi connectivity index (χ0n) is 15.8. The molecule has 2 atom stereocenters. The summed E-state index contributed by atoms with van der Waals surface area (Å²) >= 11 is 0. The molecule has 0 bridgehead atoms. The molecule has 1 aromatic heterocycles. The Hall–Kier alpha value is -1.99. The highest BCUT2D eigenvalue weighted by molar-refractivity contribution is 5.89. The number of hydrogen-bond acceptors (Lipinski definition) is 5. The first-order valence-electron chi connectivity index (χ1n) is 9.82. The monoisotopic (exact) mass is 373 g/mol. The lowest BCUT2D eigenvalue weighted by Crippen LogP contribution is -2.65. The smallest absolute Gasteiger partial charge is 0.255 e. The van der Waals surface area contributed by atoms with Gasteiger partial charge in [0.15, 0.2) is 6.10 Å². The lowest BCUT2D eigenvalue weighted by molar-refractivity contribution is -0.184. The van der Waals surface area contributed by atoms with Gasteiger partial charge in [0.05, 0.1) is 19.3 Å². The SMILES string of the molecule is COCCO[C@H]1C(=O)N(C2CCN(C(=O)C3CC3)CC2)[C@H]1c1ccncc1. The van der Waals surface area contributed by atoms with Crippen molar-refractivity contribution in [1.82, 2.24) is 14.8 Å². The van der Waals surface area contributed by atoms with E-state index in [4.69, 9.17) is 9.47 Å². The van der Waals surface area contributed by atoms with Crippen molar-refractivity contribution in [3.8, 4) is 0 Å². The minimum atomic E-state index is -0.464. The van der Waals surface area contributed by atoms with Gasteiger partial charge in [0, 0.05) is 44.6 Å². The molecule has 3 aliphatic rings.